The van der Waals surface area contributed by atoms with Crippen molar-refractivity contribution in [3.63, 3.8) is 0 Å². The molecule has 0 saturated heterocycles. The smallest absolute Gasteiger partial charge is 0.223 e. The minimum Gasteiger partial charge on any atom is -0.486 e. The molecule has 0 bridgehead atoms. The molecule has 0 radical (unpaired) electrons. The van der Waals surface area contributed by atoms with Gasteiger partial charge in [0.1, 0.15) is 13.2 Å². The zero-order valence-corrected chi connectivity index (χ0v) is 16.9. The Balaban J connectivity index is 1.31. The first kappa shape index (κ1) is 19.5. The Labute approximate surface area is 171 Å². The van der Waals surface area contributed by atoms with E-state index >= 15 is 0 Å². The van der Waals surface area contributed by atoms with E-state index < -0.39 is 0 Å². The summed E-state index contributed by atoms with van der Waals surface area (Å²) >= 11 is 0. The summed E-state index contributed by atoms with van der Waals surface area (Å²) in [7, 11) is 1.77. The summed E-state index contributed by atoms with van der Waals surface area (Å²) in [6, 6.07) is 11.8. The standard InChI is InChI=1S/C24H27NO4/c1-25(16-17-6-10-22-23(14-17)29-13-12-28-22)24(27)11-9-21(26)20-8-7-18-4-2-3-5-19(18)15-20/h6-8,10,14-15H,2-5,9,11-13,16H2,1H3. The Kier molecular flexibility index (Phi) is 5.84. The molecule has 2 aromatic rings. The number of benzene rings is 2. The molecule has 5 heteroatoms. The van der Waals surface area contributed by atoms with Crippen LogP contribution in [0.5, 0.6) is 11.5 Å². The largest absolute Gasteiger partial charge is 0.486 e. The number of carbonyl (C=O) groups is 2. The van der Waals surface area contributed by atoms with Crippen molar-refractivity contribution in [1.29, 1.82) is 0 Å². The van der Waals surface area contributed by atoms with Gasteiger partial charge in [-0.2, -0.15) is 0 Å². The van der Waals surface area contributed by atoms with Crippen LogP contribution < -0.4 is 9.47 Å². The number of carbonyl (C=O) groups excluding carboxylic acids is 2. The maximum absolute atomic E-state index is 12.6. The van der Waals surface area contributed by atoms with Gasteiger partial charge in [-0.1, -0.05) is 18.2 Å². The number of hydrogen-bond donors (Lipinski definition) is 0. The molecule has 0 fully saturated rings. The van der Waals surface area contributed by atoms with E-state index in [-0.39, 0.29) is 24.5 Å². The number of ketones is 1. The van der Waals surface area contributed by atoms with E-state index in [9.17, 15) is 9.59 Å². The SMILES string of the molecule is CN(Cc1ccc2c(c1)OCCO2)C(=O)CCC(=O)c1ccc2c(c1)CCCC2. The van der Waals surface area contributed by atoms with Crippen LogP contribution in [0.2, 0.25) is 0 Å². The highest BCUT2D eigenvalue weighted by molar-refractivity contribution is 5.98. The number of fused-ring (bicyclic) bond motifs is 2. The van der Waals surface area contributed by atoms with Crippen LogP contribution in [0.3, 0.4) is 0 Å². The lowest BCUT2D eigenvalue weighted by molar-refractivity contribution is -0.130. The van der Waals surface area contributed by atoms with Gasteiger partial charge in [-0.25, -0.2) is 0 Å². The first-order valence-electron chi connectivity index (χ1n) is 10.4. The monoisotopic (exact) mass is 393 g/mol. The third-order valence-electron chi connectivity index (χ3n) is 5.69. The molecule has 5 nitrogen and oxygen atoms in total. The fourth-order valence-electron chi connectivity index (χ4n) is 4.01. The summed E-state index contributed by atoms with van der Waals surface area (Å²) < 4.78 is 11.1. The second-order valence-corrected chi connectivity index (χ2v) is 7.84. The van der Waals surface area contributed by atoms with Crippen molar-refractivity contribution in [3.05, 3.63) is 58.7 Å². The van der Waals surface area contributed by atoms with Gasteiger partial charge < -0.3 is 14.4 Å². The highest BCUT2D eigenvalue weighted by Crippen LogP contribution is 2.31. The number of rotatable bonds is 6. The topological polar surface area (TPSA) is 55.8 Å². The normalized spacial score (nSPS) is 14.8. The molecule has 2 aromatic carbocycles. The van der Waals surface area contributed by atoms with Crippen LogP contribution in [0, 0.1) is 0 Å². The zero-order valence-electron chi connectivity index (χ0n) is 16.9. The fraction of sp³-hybridized carbons (Fsp3) is 0.417. The molecule has 0 spiro atoms. The third-order valence-corrected chi connectivity index (χ3v) is 5.69. The Bertz CT molecular complexity index is 921. The van der Waals surface area contributed by atoms with Gasteiger partial charge in [0.05, 0.1) is 0 Å². The molecule has 0 aromatic heterocycles. The van der Waals surface area contributed by atoms with Gasteiger partial charge in [0.15, 0.2) is 17.3 Å². The second-order valence-electron chi connectivity index (χ2n) is 7.84. The summed E-state index contributed by atoms with van der Waals surface area (Å²) in [4.78, 5) is 26.8. The first-order chi connectivity index (χ1) is 14.1. The number of nitrogens with zero attached hydrogens (tertiary/aromatic N) is 1. The van der Waals surface area contributed by atoms with Crippen LogP contribution in [-0.2, 0) is 24.2 Å². The maximum Gasteiger partial charge on any atom is 0.223 e. The van der Waals surface area contributed by atoms with Crippen molar-refractivity contribution in [1.82, 2.24) is 4.90 Å². The second kappa shape index (κ2) is 8.68. The molecule has 29 heavy (non-hydrogen) atoms. The van der Waals surface area contributed by atoms with Crippen molar-refractivity contribution in [2.75, 3.05) is 20.3 Å². The summed E-state index contributed by atoms with van der Waals surface area (Å²) in [5, 5.41) is 0. The Morgan fingerprint density at radius 2 is 1.66 bits per heavy atom. The molecular formula is C24H27NO4. The minimum absolute atomic E-state index is 0.0359. The summed E-state index contributed by atoms with van der Waals surface area (Å²) in [5.74, 6) is 1.47. The highest BCUT2D eigenvalue weighted by Gasteiger charge is 2.17. The number of ether oxygens (including phenoxy) is 2. The van der Waals surface area contributed by atoms with E-state index in [0.29, 0.717) is 19.8 Å². The Hall–Kier alpha value is -2.82. The summed E-state index contributed by atoms with van der Waals surface area (Å²) in [5.41, 5.74) is 4.37. The molecule has 0 saturated carbocycles. The van der Waals surface area contributed by atoms with Crippen molar-refractivity contribution in [2.24, 2.45) is 0 Å². The average Bonchev–Trinajstić information content (AvgIpc) is 2.76. The van der Waals surface area contributed by atoms with E-state index in [1.165, 1.54) is 24.0 Å². The molecule has 1 aliphatic carbocycles. The highest BCUT2D eigenvalue weighted by atomic mass is 16.6. The van der Waals surface area contributed by atoms with Gasteiger partial charge in [0, 0.05) is 32.0 Å². The van der Waals surface area contributed by atoms with Crippen LogP contribution >= 0.6 is 0 Å². The third kappa shape index (κ3) is 4.61. The lowest BCUT2D eigenvalue weighted by Crippen LogP contribution is -2.26. The van der Waals surface area contributed by atoms with Crippen LogP contribution in [-0.4, -0.2) is 36.9 Å². The van der Waals surface area contributed by atoms with E-state index in [4.69, 9.17) is 9.47 Å². The zero-order chi connectivity index (χ0) is 20.2. The Morgan fingerprint density at radius 3 is 2.48 bits per heavy atom. The molecule has 1 heterocycles. The molecule has 1 amide bonds. The van der Waals surface area contributed by atoms with E-state index in [1.54, 1.807) is 11.9 Å². The van der Waals surface area contributed by atoms with Gasteiger partial charge in [-0.05, 0) is 60.6 Å². The number of aryl methyl sites for hydroxylation is 2. The maximum atomic E-state index is 12.6. The van der Waals surface area contributed by atoms with Crippen LogP contribution in [0.4, 0.5) is 0 Å². The molecule has 0 N–H and O–H groups in total. The molecule has 1 aliphatic heterocycles. The van der Waals surface area contributed by atoms with Gasteiger partial charge in [0.2, 0.25) is 5.91 Å². The van der Waals surface area contributed by atoms with E-state index in [1.807, 2.05) is 30.3 Å². The summed E-state index contributed by atoms with van der Waals surface area (Å²) in [6.07, 6.45) is 5.03. The van der Waals surface area contributed by atoms with E-state index in [0.717, 1.165) is 35.5 Å². The molecule has 0 unspecified atom stereocenters. The van der Waals surface area contributed by atoms with Gasteiger partial charge in [0.25, 0.3) is 0 Å². The van der Waals surface area contributed by atoms with Crippen molar-refractivity contribution < 1.29 is 19.1 Å². The van der Waals surface area contributed by atoms with Crippen LogP contribution in [0.1, 0.15) is 52.7 Å². The first-order valence-corrected chi connectivity index (χ1v) is 10.4. The summed E-state index contributed by atoms with van der Waals surface area (Å²) in [6.45, 7) is 1.57. The van der Waals surface area contributed by atoms with Crippen molar-refractivity contribution in [2.45, 2.75) is 45.1 Å². The van der Waals surface area contributed by atoms with E-state index in [2.05, 4.69) is 6.07 Å². The van der Waals surface area contributed by atoms with Gasteiger partial charge >= 0.3 is 0 Å². The number of amides is 1. The number of hydrogen-bond acceptors (Lipinski definition) is 4. The van der Waals surface area contributed by atoms with Crippen molar-refractivity contribution >= 4 is 11.7 Å². The Morgan fingerprint density at radius 1 is 0.897 bits per heavy atom. The predicted molar refractivity (Wildman–Crippen MR) is 111 cm³/mol. The van der Waals surface area contributed by atoms with Gasteiger partial charge in [-0.3, -0.25) is 9.59 Å². The lowest BCUT2D eigenvalue weighted by Gasteiger charge is -2.21. The molecule has 0 atom stereocenters. The molecule has 152 valence electrons. The molecule has 4 rings (SSSR count). The fourth-order valence-corrected chi connectivity index (χ4v) is 4.01. The molecular weight excluding hydrogens is 366 g/mol. The molecule has 2 aliphatic rings. The van der Waals surface area contributed by atoms with Crippen molar-refractivity contribution in [3.8, 4) is 11.5 Å². The lowest BCUT2D eigenvalue weighted by atomic mass is 9.89. The van der Waals surface area contributed by atoms with Gasteiger partial charge in [-0.15, -0.1) is 0 Å². The van der Waals surface area contributed by atoms with Crippen LogP contribution in [0.25, 0.3) is 0 Å². The quantitative estimate of drug-likeness (QED) is 0.697. The number of Topliss-reactive ketones (excluding diaryl/α,β-unsaturated/α-hetero) is 1. The average molecular weight is 393 g/mol. The minimum atomic E-state index is -0.0359. The van der Waals surface area contributed by atoms with Crippen LogP contribution in [0.15, 0.2) is 36.4 Å². The predicted octanol–water partition coefficient (Wildman–Crippen LogP) is 3.96.